The molecule has 0 bridgehead atoms. The molecular weight excluding hydrogens is 647 g/mol. The monoisotopic (exact) mass is 695 g/mol. The summed E-state index contributed by atoms with van der Waals surface area (Å²) >= 11 is 0. The van der Waals surface area contributed by atoms with Crippen LogP contribution < -0.4 is 16.0 Å². The third kappa shape index (κ3) is 8.68. The van der Waals surface area contributed by atoms with Crippen molar-refractivity contribution in [2.75, 3.05) is 40.3 Å². The summed E-state index contributed by atoms with van der Waals surface area (Å²) in [6.45, 7) is 3.43. The minimum atomic E-state index is -3.48. The van der Waals surface area contributed by atoms with Gasteiger partial charge in [-0.1, -0.05) is 121 Å². The van der Waals surface area contributed by atoms with Gasteiger partial charge >= 0.3 is 0 Å². The van der Waals surface area contributed by atoms with Crippen LogP contribution in [0.3, 0.4) is 0 Å². The molecule has 0 atom stereocenters. The molecule has 3 N–H and O–H groups in total. The van der Waals surface area contributed by atoms with Crippen LogP contribution in [0.5, 0.6) is 0 Å². The molecule has 10 heteroatoms. The first-order chi connectivity index (χ1) is 24.2. The van der Waals surface area contributed by atoms with E-state index in [0.717, 1.165) is 48.2 Å². The van der Waals surface area contributed by atoms with E-state index in [0.29, 0.717) is 39.0 Å². The number of carbonyl (C=O) groups excluding carboxylic acids is 2. The van der Waals surface area contributed by atoms with Crippen molar-refractivity contribution in [1.82, 2.24) is 24.6 Å². The third-order valence-corrected chi connectivity index (χ3v) is 11.9. The average Bonchev–Trinajstić information content (AvgIpc) is 3.18. The SMILES string of the molecule is CN(C)S(=O)(=O)N1CCC(C(=O)NCc2ccccc2)(c2ccccc2)CC1.O=C(NCc1ccccc1)C1(c2ccccc2)CCNCC1. The molecule has 2 fully saturated rings. The Labute approximate surface area is 297 Å². The molecule has 2 amide bonds. The second-order valence-electron chi connectivity index (χ2n) is 13.2. The first-order valence-electron chi connectivity index (χ1n) is 17.3. The van der Waals surface area contributed by atoms with Gasteiger partial charge in [-0.05, 0) is 61.0 Å². The van der Waals surface area contributed by atoms with Crippen LogP contribution in [0.2, 0.25) is 0 Å². The highest BCUT2D eigenvalue weighted by atomic mass is 32.2. The van der Waals surface area contributed by atoms with Gasteiger partial charge in [0.1, 0.15) is 0 Å². The second kappa shape index (κ2) is 17.0. The van der Waals surface area contributed by atoms with Crippen LogP contribution in [0, 0.1) is 0 Å². The number of piperidine rings is 2. The second-order valence-corrected chi connectivity index (χ2v) is 15.3. The first-order valence-corrected chi connectivity index (χ1v) is 18.7. The number of amides is 2. The van der Waals surface area contributed by atoms with E-state index in [1.807, 2.05) is 109 Å². The molecule has 2 heterocycles. The molecule has 2 saturated heterocycles. The Bertz CT molecular complexity index is 1760. The molecule has 2 aliphatic heterocycles. The van der Waals surface area contributed by atoms with Crippen LogP contribution in [0.15, 0.2) is 121 Å². The number of nitrogens with one attached hydrogen (secondary N) is 3. The highest BCUT2D eigenvalue weighted by molar-refractivity contribution is 7.86. The predicted molar refractivity (Wildman–Crippen MR) is 198 cm³/mol. The van der Waals surface area contributed by atoms with Crippen LogP contribution in [0.25, 0.3) is 0 Å². The fourth-order valence-corrected chi connectivity index (χ4v) is 7.99. The Balaban J connectivity index is 0.000000200. The van der Waals surface area contributed by atoms with Crippen molar-refractivity contribution < 1.29 is 18.0 Å². The lowest BCUT2D eigenvalue weighted by Gasteiger charge is -2.41. The van der Waals surface area contributed by atoms with Crippen LogP contribution in [-0.2, 0) is 43.7 Å². The fraction of sp³-hybridized carbons (Fsp3) is 0.350. The van der Waals surface area contributed by atoms with E-state index in [4.69, 9.17) is 0 Å². The van der Waals surface area contributed by atoms with Gasteiger partial charge in [0.05, 0.1) is 10.8 Å². The van der Waals surface area contributed by atoms with Gasteiger partial charge in [0, 0.05) is 40.3 Å². The number of benzene rings is 4. The van der Waals surface area contributed by atoms with E-state index in [1.54, 1.807) is 0 Å². The van der Waals surface area contributed by atoms with E-state index >= 15 is 0 Å². The van der Waals surface area contributed by atoms with Gasteiger partial charge in [0.2, 0.25) is 11.8 Å². The zero-order valence-corrected chi connectivity index (χ0v) is 29.9. The molecule has 264 valence electrons. The number of nitrogens with zero attached hydrogens (tertiary/aromatic N) is 2. The summed E-state index contributed by atoms with van der Waals surface area (Å²) in [7, 11) is -0.421. The molecule has 4 aromatic carbocycles. The van der Waals surface area contributed by atoms with E-state index in [1.165, 1.54) is 22.7 Å². The van der Waals surface area contributed by atoms with Crippen molar-refractivity contribution in [2.45, 2.75) is 49.6 Å². The van der Waals surface area contributed by atoms with Gasteiger partial charge in [0.25, 0.3) is 10.2 Å². The zero-order valence-electron chi connectivity index (χ0n) is 29.1. The van der Waals surface area contributed by atoms with Gasteiger partial charge in [-0.25, -0.2) is 0 Å². The number of hydrogen-bond donors (Lipinski definition) is 3. The van der Waals surface area contributed by atoms with Gasteiger partial charge in [-0.3, -0.25) is 9.59 Å². The summed E-state index contributed by atoms with van der Waals surface area (Å²) in [4.78, 5) is 26.2. The molecule has 9 nitrogen and oxygen atoms in total. The van der Waals surface area contributed by atoms with Gasteiger partial charge in [-0.2, -0.15) is 17.0 Å². The Morgan fingerprint density at radius 1 is 0.620 bits per heavy atom. The Morgan fingerprint density at radius 3 is 1.36 bits per heavy atom. The van der Waals surface area contributed by atoms with Gasteiger partial charge in [0.15, 0.2) is 0 Å². The van der Waals surface area contributed by atoms with Crippen LogP contribution in [-0.4, -0.2) is 69.1 Å². The maximum atomic E-state index is 13.3. The van der Waals surface area contributed by atoms with Crippen molar-refractivity contribution in [2.24, 2.45) is 0 Å². The molecule has 0 aliphatic carbocycles. The molecule has 2 aliphatic rings. The lowest BCUT2D eigenvalue weighted by molar-refractivity contribution is -0.129. The quantitative estimate of drug-likeness (QED) is 0.222. The first kappa shape index (κ1) is 36.9. The maximum Gasteiger partial charge on any atom is 0.281 e. The summed E-state index contributed by atoms with van der Waals surface area (Å²) in [5, 5.41) is 9.57. The number of rotatable bonds is 10. The van der Waals surface area contributed by atoms with Crippen molar-refractivity contribution in [3.63, 3.8) is 0 Å². The summed E-state index contributed by atoms with van der Waals surface area (Å²) in [5.41, 5.74) is 3.10. The number of hydrogen-bond acceptors (Lipinski definition) is 5. The average molecular weight is 696 g/mol. The summed E-state index contributed by atoms with van der Waals surface area (Å²) in [5.74, 6) is 0.0912. The van der Waals surface area contributed by atoms with Crippen molar-refractivity contribution in [3.05, 3.63) is 144 Å². The van der Waals surface area contributed by atoms with Crippen molar-refractivity contribution in [3.8, 4) is 0 Å². The summed E-state index contributed by atoms with van der Waals surface area (Å²) < 4.78 is 27.6. The standard InChI is InChI=1S/C21H27N3O3S.C19H22N2O/c1-23(2)28(26,27)24-15-13-21(14-16-24,19-11-7-4-8-12-19)20(25)22-17-18-9-5-3-6-10-18;22-18(21-15-16-7-3-1-4-8-16)19(11-13-20-14-12-19)17-9-5-2-6-10-17/h3-12H,13-17H2,1-2H3,(H,22,25);1-10,20H,11-15H2,(H,21,22). The van der Waals surface area contributed by atoms with E-state index in [-0.39, 0.29) is 11.8 Å². The molecule has 0 spiro atoms. The van der Waals surface area contributed by atoms with Crippen LogP contribution in [0.1, 0.15) is 47.9 Å². The normalized spacial score (nSPS) is 17.2. The minimum Gasteiger partial charge on any atom is -0.351 e. The molecule has 0 saturated carbocycles. The molecule has 4 aromatic rings. The largest absolute Gasteiger partial charge is 0.351 e. The predicted octanol–water partition coefficient (Wildman–Crippen LogP) is 4.77. The minimum absolute atomic E-state index is 0.0514. The Kier molecular flexibility index (Phi) is 12.6. The highest BCUT2D eigenvalue weighted by Crippen LogP contribution is 2.37. The lowest BCUT2D eigenvalue weighted by Crippen LogP contribution is -2.54. The van der Waals surface area contributed by atoms with E-state index in [9.17, 15) is 18.0 Å². The molecule has 0 unspecified atom stereocenters. The van der Waals surface area contributed by atoms with Crippen molar-refractivity contribution in [1.29, 1.82) is 0 Å². The summed E-state index contributed by atoms with van der Waals surface area (Å²) in [6.07, 6.45) is 2.59. The Morgan fingerprint density at radius 2 is 0.980 bits per heavy atom. The van der Waals surface area contributed by atoms with Gasteiger partial charge in [-0.15, -0.1) is 0 Å². The molecule has 6 rings (SSSR count). The van der Waals surface area contributed by atoms with Crippen LogP contribution in [0.4, 0.5) is 0 Å². The van der Waals surface area contributed by atoms with E-state index < -0.39 is 21.0 Å². The van der Waals surface area contributed by atoms with Crippen LogP contribution >= 0.6 is 0 Å². The molecule has 0 radical (unpaired) electrons. The third-order valence-electron chi connectivity index (χ3n) is 9.93. The fourth-order valence-electron chi connectivity index (χ4n) is 6.89. The highest BCUT2D eigenvalue weighted by Gasteiger charge is 2.45. The molecule has 50 heavy (non-hydrogen) atoms. The molecular formula is C40H49N5O4S. The number of carbonyl (C=O) groups is 2. The topological polar surface area (TPSA) is 111 Å². The smallest absolute Gasteiger partial charge is 0.281 e. The Hall–Kier alpha value is -4.35. The lowest BCUT2D eigenvalue weighted by atomic mass is 9.72. The molecule has 0 aromatic heterocycles. The van der Waals surface area contributed by atoms with Crippen molar-refractivity contribution >= 4 is 22.0 Å². The van der Waals surface area contributed by atoms with Gasteiger partial charge < -0.3 is 16.0 Å². The van der Waals surface area contributed by atoms with E-state index in [2.05, 4.69) is 28.1 Å². The zero-order chi connectivity index (χ0) is 35.5. The maximum absolute atomic E-state index is 13.3. The summed E-state index contributed by atoms with van der Waals surface area (Å²) in [6, 6.07) is 39.7.